The Kier molecular flexibility index (Phi) is 5.81. The average molecular weight is 413 g/mol. The van der Waals surface area contributed by atoms with Crippen LogP contribution in [0.25, 0.3) is 11.3 Å². The topological polar surface area (TPSA) is 124 Å². The molecular formula is C20H19N3O5S. The molecule has 0 spiro atoms. The van der Waals surface area contributed by atoms with Gasteiger partial charge in [0.2, 0.25) is 10.0 Å². The average Bonchev–Trinajstić information content (AvgIpc) is 3.16. The third-order valence-corrected chi connectivity index (χ3v) is 4.98. The summed E-state index contributed by atoms with van der Waals surface area (Å²) in [5.41, 5.74) is 4.44. The van der Waals surface area contributed by atoms with Gasteiger partial charge in [0.15, 0.2) is 0 Å². The standard InChI is InChI=1S/C20H19N3O5S/c1-13-3-9-17(19(11-13)27-2)20(24)23-22-12-15-6-10-18(28-15)14-4-7-16(8-5-14)29(21,25)26/h3-12H,1-2H3,(H,23,24)(H2,21,25,26)/b22-12+. The highest BCUT2D eigenvalue weighted by Gasteiger charge is 2.12. The van der Waals surface area contributed by atoms with Crippen molar-refractivity contribution in [3.63, 3.8) is 0 Å². The molecule has 8 nitrogen and oxygen atoms in total. The summed E-state index contributed by atoms with van der Waals surface area (Å²) in [6, 6.07) is 14.6. The Morgan fingerprint density at radius 3 is 2.52 bits per heavy atom. The fraction of sp³-hybridized carbons (Fsp3) is 0.100. The number of benzene rings is 2. The van der Waals surface area contributed by atoms with Gasteiger partial charge in [-0.2, -0.15) is 5.10 Å². The van der Waals surface area contributed by atoms with E-state index in [2.05, 4.69) is 10.5 Å². The zero-order valence-corrected chi connectivity index (χ0v) is 16.6. The minimum atomic E-state index is -3.75. The van der Waals surface area contributed by atoms with Crippen molar-refractivity contribution in [2.45, 2.75) is 11.8 Å². The van der Waals surface area contributed by atoms with E-state index in [-0.39, 0.29) is 4.90 Å². The Hall–Kier alpha value is -3.43. The number of hydrazone groups is 1. The van der Waals surface area contributed by atoms with Crippen LogP contribution < -0.4 is 15.3 Å². The minimum Gasteiger partial charge on any atom is -0.496 e. The summed E-state index contributed by atoms with van der Waals surface area (Å²) in [5, 5.41) is 8.98. The number of hydrogen-bond donors (Lipinski definition) is 2. The van der Waals surface area contributed by atoms with Crippen molar-refractivity contribution in [3.8, 4) is 17.1 Å². The second-order valence-corrected chi connectivity index (χ2v) is 7.74. The van der Waals surface area contributed by atoms with E-state index in [9.17, 15) is 13.2 Å². The molecule has 0 aliphatic carbocycles. The number of carbonyl (C=O) groups is 1. The fourth-order valence-corrected chi connectivity index (χ4v) is 3.10. The molecule has 0 saturated heterocycles. The highest BCUT2D eigenvalue weighted by molar-refractivity contribution is 7.89. The summed E-state index contributed by atoms with van der Waals surface area (Å²) in [4.78, 5) is 12.3. The normalized spacial score (nSPS) is 11.6. The Balaban J connectivity index is 1.69. The Bertz CT molecular complexity index is 1170. The molecule has 3 aromatic rings. The molecule has 0 atom stereocenters. The van der Waals surface area contributed by atoms with Crippen molar-refractivity contribution >= 4 is 22.1 Å². The molecule has 9 heteroatoms. The summed E-state index contributed by atoms with van der Waals surface area (Å²) < 4.78 is 33.5. The van der Waals surface area contributed by atoms with Crippen molar-refractivity contribution in [2.24, 2.45) is 10.2 Å². The van der Waals surface area contributed by atoms with Gasteiger partial charge in [-0.25, -0.2) is 19.0 Å². The van der Waals surface area contributed by atoms with Gasteiger partial charge in [0.05, 0.1) is 23.8 Å². The molecule has 1 amide bonds. The zero-order valence-electron chi connectivity index (χ0n) is 15.7. The summed E-state index contributed by atoms with van der Waals surface area (Å²) in [5.74, 6) is 0.968. The lowest BCUT2D eigenvalue weighted by atomic mass is 10.1. The molecule has 3 rings (SSSR count). The first-order valence-corrected chi connectivity index (χ1v) is 10.0. The van der Waals surface area contributed by atoms with E-state index < -0.39 is 15.9 Å². The van der Waals surface area contributed by atoms with Crippen LogP contribution >= 0.6 is 0 Å². The first kappa shape index (κ1) is 20.3. The SMILES string of the molecule is COc1cc(C)ccc1C(=O)N/N=C/c1ccc(-c2ccc(S(N)(=O)=O)cc2)o1. The van der Waals surface area contributed by atoms with Crippen molar-refractivity contribution in [2.75, 3.05) is 7.11 Å². The van der Waals surface area contributed by atoms with E-state index in [1.54, 1.807) is 42.5 Å². The van der Waals surface area contributed by atoms with Gasteiger partial charge in [0.1, 0.15) is 17.3 Å². The number of nitrogens with two attached hydrogens (primary N) is 1. The van der Waals surface area contributed by atoms with Crippen LogP contribution in [-0.2, 0) is 10.0 Å². The number of amides is 1. The van der Waals surface area contributed by atoms with Gasteiger partial charge in [-0.15, -0.1) is 0 Å². The van der Waals surface area contributed by atoms with Crippen LogP contribution in [0.3, 0.4) is 0 Å². The minimum absolute atomic E-state index is 0.0174. The van der Waals surface area contributed by atoms with Gasteiger partial charge in [0, 0.05) is 5.56 Å². The van der Waals surface area contributed by atoms with Gasteiger partial charge in [-0.3, -0.25) is 4.79 Å². The number of sulfonamides is 1. The van der Waals surface area contributed by atoms with Gasteiger partial charge < -0.3 is 9.15 Å². The second kappa shape index (κ2) is 8.29. The lowest BCUT2D eigenvalue weighted by Gasteiger charge is -2.07. The largest absolute Gasteiger partial charge is 0.496 e. The number of rotatable bonds is 6. The molecule has 1 heterocycles. The molecule has 0 unspecified atom stereocenters. The predicted molar refractivity (Wildman–Crippen MR) is 108 cm³/mol. The molecule has 0 radical (unpaired) electrons. The summed E-state index contributed by atoms with van der Waals surface area (Å²) in [6.45, 7) is 1.90. The predicted octanol–water partition coefficient (Wildman–Crippen LogP) is 2.67. The second-order valence-electron chi connectivity index (χ2n) is 6.17. The first-order valence-electron chi connectivity index (χ1n) is 8.49. The number of primary sulfonamides is 1. The van der Waals surface area contributed by atoms with E-state index in [0.29, 0.717) is 28.4 Å². The molecular weight excluding hydrogens is 394 g/mol. The highest BCUT2D eigenvalue weighted by Crippen LogP contribution is 2.23. The molecule has 3 N–H and O–H groups in total. The maximum absolute atomic E-state index is 12.3. The fourth-order valence-electron chi connectivity index (χ4n) is 2.59. The Morgan fingerprint density at radius 1 is 1.14 bits per heavy atom. The number of furan rings is 1. The highest BCUT2D eigenvalue weighted by atomic mass is 32.2. The summed E-state index contributed by atoms with van der Waals surface area (Å²) >= 11 is 0. The van der Waals surface area contributed by atoms with E-state index in [1.165, 1.54) is 25.5 Å². The van der Waals surface area contributed by atoms with Gasteiger partial charge >= 0.3 is 0 Å². The molecule has 0 aliphatic rings. The molecule has 2 aromatic carbocycles. The smallest absolute Gasteiger partial charge is 0.275 e. The molecule has 1 aromatic heterocycles. The van der Waals surface area contributed by atoms with Crippen molar-refractivity contribution in [1.82, 2.24) is 5.43 Å². The van der Waals surface area contributed by atoms with E-state index in [1.807, 2.05) is 6.92 Å². The number of methoxy groups -OCH3 is 1. The molecule has 0 bridgehead atoms. The van der Waals surface area contributed by atoms with Crippen LogP contribution in [0, 0.1) is 6.92 Å². The number of hydrogen-bond acceptors (Lipinski definition) is 6. The van der Waals surface area contributed by atoms with Gasteiger partial charge in [-0.1, -0.05) is 6.07 Å². The van der Waals surface area contributed by atoms with Crippen molar-refractivity contribution in [3.05, 3.63) is 71.5 Å². The monoisotopic (exact) mass is 413 g/mol. The lowest BCUT2D eigenvalue weighted by molar-refractivity contribution is 0.0952. The summed E-state index contributed by atoms with van der Waals surface area (Å²) in [7, 11) is -2.25. The quantitative estimate of drug-likeness (QED) is 0.475. The number of nitrogens with zero attached hydrogens (tertiary/aromatic N) is 1. The van der Waals surface area contributed by atoms with Crippen molar-refractivity contribution < 1.29 is 22.4 Å². The summed E-state index contributed by atoms with van der Waals surface area (Å²) in [6.07, 6.45) is 1.36. The van der Waals surface area contributed by atoms with E-state index >= 15 is 0 Å². The molecule has 150 valence electrons. The van der Waals surface area contributed by atoms with Gasteiger partial charge in [0.25, 0.3) is 5.91 Å². The van der Waals surface area contributed by atoms with E-state index in [0.717, 1.165) is 5.56 Å². The molecule has 0 fully saturated rings. The van der Waals surface area contributed by atoms with Crippen LogP contribution in [-0.4, -0.2) is 27.6 Å². The molecule has 0 aliphatic heterocycles. The number of nitrogens with one attached hydrogen (secondary N) is 1. The lowest BCUT2D eigenvalue weighted by Crippen LogP contribution is -2.18. The maximum atomic E-state index is 12.3. The third kappa shape index (κ3) is 4.89. The van der Waals surface area contributed by atoms with Crippen molar-refractivity contribution in [1.29, 1.82) is 0 Å². The van der Waals surface area contributed by atoms with E-state index in [4.69, 9.17) is 14.3 Å². The van der Waals surface area contributed by atoms with Crippen LogP contribution in [0.5, 0.6) is 5.75 Å². The number of carbonyl (C=O) groups excluding carboxylic acids is 1. The third-order valence-electron chi connectivity index (χ3n) is 4.05. The van der Waals surface area contributed by atoms with Crippen LogP contribution in [0.2, 0.25) is 0 Å². The number of ether oxygens (including phenoxy) is 1. The zero-order chi connectivity index (χ0) is 21.0. The van der Waals surface area contributed by atoms with Crippen LogP contribution in [0.4, 0.5) is 0 Å². The van der Waals surface area contributed by atoms with Gasteiger partial charge in [-0.05, 0) is 61.0 Å². The Labute approximate surface area is 168 Å². The number of aryl methyl sites for hydroxylation is 1. The van der Waals surface area contributed by atoms with Crippen LogP contribution in [0.15, 0.2) is 69.0 Å². The molecule has 0 saturated carbocycles. The van der Waals surface area contributed by atoms with Crippen LogP contribution in [0.1, 0.15) is 21.7 Å². The molecule has 29 heavy (non-hydrogen) atoms. The first-order chi connectivity index (χ1) is 13.8. The maximum Gasteiger partial charge on any atom is 0.275 e. The Morgan fingerprint density at radius 2 is 1.86 bits per heavy atom.